The van der Waals surface area contributed by atoms with Crippen molar-refractivity contribution in [2.75, 3.05) is 0 Å². The fourth-order valence-electron chi connectivity index (χ4n) is 8.59. The third-order valence-corrected chi connectivity index (χ3v) is 11.2. The fraction of sp³-hybridized carbons (Fsp3) is 0.173. The molecule has 2 aromatic heterocycles. The zero-order valence-electron chi connectivity index (χ0n) is 33.9. The second-order valence-corrected chi connectivity index (χ2v) is 15.6. The van der Waals surface area contributed by atoms with E-state index < -0.39 is 5.41 Å². The summed E-state index contributed by atoms with van der Waals surface area (Å²) in [5.41, 5.74) is 12.5. The Labute approximate surface area is 361 Å². The molecular weight excluding hydrogens is 908 g/mol. The van der Waals surface area contributed by atoms with Crippen molar-refractivity contribution in [1.82, 2.24) is 20.0 Å². The third kappa shape index (κ3) is 7.10. The number of rotatable bonds is 9. The molecule has 1 aliphatic heterocycles. The summed E-state index contributed by atoms with van der Waals surface area (Å²) in [4.78, 5) is 4.98. The van der Waals surface area contributed by atoms with E-state index in [4.69, 9.17) is 24.8 Å². The molecular formula is C52H44N4O2Pt. The summed E-state index contributed by atoms with van der Waals surface area (Å²) < 4.78 is 15.2. The van der Waals surface area contributed by atoms with Gasteiger partial charge in [0.1, 0.15) is 17.2 Å². The zero-order valence-corrected chi connectivity index (χ0v) is 36.2. The molecule has 59 heavy (non-hydrogen) atoms. The fourth-order valence-corrected chi connectivity index (χ4v) is 8.59. The predicted molar refractivity (Wildman–Crippen MR) is 230 cm³/mol. The summed E-state index contributed by atoms with van der Waals surface area (Å²) >= 11 is 0. The maximum Gasteiger partial charge on any atom is 2.00 e. The average molecular weight is 952 g/mol. The summed E-state index contributed by atoms with van der Waals surface area (Å²) in [6.45, 7) is 13.2. The van der Waals surface area contributed by atoms with Crippen LogP contribution in [0, 0.1) is 26.0 Å². The monoisotopic (exact) mass is 951 g/mol. The van der Waals surface area contributed by atoms with Gasteiger partial charge >= 0.3 is 21.1 Å². The Morgan fingerprint density at radius 1 is 0.644 bits per heavy atom. The van der Waals surface area contributed by atoms with Crippen LogP contribution in [0.25, 0.3) is 28.1 Å². The molecule has 0 unspecified atom stereocenters. The van der Waals surface area contributed by atoms with Gasteiger partial charge in [0, 0.05) is 34.4 Å². The Bertz CT molecular complexity index is 2700. The molecule has 9 rings (SSSR count). The number of pyridine rings is 1. The SMILES string of the molecule is Cc1cccc(C)c1-c1cc(Oc2[c-]c(C3(c4ccccn4)c4ccccc4Oc4ccccc43)ccc2)[c-]c(-n2cc(-c3c(C(C)C)cccc3C(C)C)nn2)c1.[Pt+2]. The number of aryl methyl sites for hydroxylation is 2. The summed E-state index contributed by atoms with van der Waals surface area (Å²) in [5, 5.41) is 9.47. The van der Waals surface area contributed by atoms with Crippen LogP contribution in [0.1, 0.15) is 84.2 Å². The first-order valence-corrected chi connectivity index (χ1v) is 19.9. The number of fused-ring (bicyclic) bond motifs is 2. The second kappa shape index (κ2) is 16.3. The maximum absolute atomic E-state index is 6.84. The van der Waals surface area contributed by atoms with Gasteiger partial charge in [0.15, 0.2) is 0 Å². The molecule has 0 N–H and O–H groups in total. The quantitative estimate of drug-likeness (QED) is 0.135. The van der Waals surface area contributed by atoms with Crippen LogP contribution in [0.5, 0.6) is 23.0 Å². The van der Waals surface area contributed by atoms with E-state index in [1.165, 1.54) is 11.1 Å². The van der Waals surface area contributed by atoms with E-state index in [0.29, 0.717) is 23.3 Å². The van der Waals surface area contributed by atoms with Crippen LogP contribution >= 0.6 is 0 Å². The van der Waals surface area contributed by atoms with Crippen molar-refractivity contribution in [3.63, 3.8) is 0 Å². The van der Waals surface area contributed by atoms with Crippen molar-refractivity contribution in [3.8, 4) is 51.1 Å². The van der Waals surface area contributed by atoms with Crippen molar-refractivity contribution in [3.05, 3.63) is 203 Å². The molecule has 0 fully saturated rings. The van der Waals surface area contributed by atoms with Gasteiger partial charge in [-0.1, -0.05) is 112 Å². The third-order valence-electron chi connectivity index (χ3n) is 11.2. The van der Waals surface area contributed by atoms with Crippen molar-refractivity contribution in [2.45, 2.75) is 58.8 Å². The van der Waals surface area contributed by atoms with Gasteiger partial charge in [-0.25, -0.2) is 4.68 Å². The van der Waals surface area contributed by atoms with Crippen LogP contribution < -0.4 is 9.47 Å². The summed E-state index contributed by atoms with van der Waals surface area (Å²) in [5.74, 6) is 3.27. The molecule has 6 nitrogen and oxygen atoms in total. The summed E-state index contributed by atoms with van der Waals surface area (Å²) in [6.07, 6.45) is 3.86. The van der Waals surface area contributed by atoms with Crippen LogP contribution in [0.4, 0.5) is 0 Å². The molecule has 0 spiro atoms. The predicted octanol–water partition coefficient (Wildman–Crippen LogP) is 12.7. The van der Waals surface area contributed by atoms with Gasteiger partial charge in [-0.15, -0.1) is 46.6 Å². The number of nitrogens with zero attached hydrogens (tertiary/aromatic N) is 4. The van der Waals surface area contributed by atoms with Crippen LogP contribution in [0.3, 0.4) is 0 Å². The van der Waals surface area contributed by atoms with Gasteiger partial charge < -0.3 is 9.47 Å². The molecule has 8 aromatic rings. The molecule has 3 heterocycles. The number of ether oxygens (including phenoxy) is 2. The molecule has 1 aliphatic rings. The van der Waals surface area contributed by atoms with Crippen molar-refractivity contribution in [1.29, 1.82) is 0 Å². The van der Waals surface area contributed by atoms with Gasteiger partial charge in [0.2, 0.25) is 0 Å². The Morgan fingerprint density at radius 2 is 1.27 bits per heavy atom. The smallest absolute Gasteiger partial charge is 0.509 e. The molecule has 0 bridgehead atoms. The van der Waals surface area contributed by atoms with E-state index >= 15 is 0 Å². The molecule has 0 radical (unpaired) electrons. The minimum absolute atomic E-state index is 0. The van der Waals surface area contributed by atoms with Crippen LogP contribution in [-0.2, 0) is 26.5 Å². The van der Waals surface area contributed by atoms with Crippen molar-refractivity contribution >= 4 is 0 Å². The molecule has 6 aromatic carbocycles. The number of hydrogen-bond donors (Lipinski definition) is 0. The Hall–Kier alpha value is -6.10. The second-order valence-electron chi connectivity index (χ2n) is 15.6. The van der Waals surface area contributed by atoms with E-state index in [0.717, 1.165) is 73.1 Å². The minimum Gasteiger partial charge on any atom is -0.509 e. The first-order chi connectivity index (χ1) is 28.2. The molecule has 0 amide bonds. The Balaban J connectivity index is 0.00000484. The number of benzene rings is 6. The molecule has 0 aliphatic carbocycles. The van der Waals surface area contributed by atoms with Crippen molar-refractivity contribution < 1.29 is 30.5 Å². The summed E-state index contributed by atoms with van der Waals surface area (Å²) in [7, 11) is 0. The number of para-hydroxylation sites is 2. The van der Waals surface area contributed by atoms with Gasteiger partial charge in [0.25, 0.3) is 0 Å². The number of hydrogen-bond acceptors (Lipinski definition) is 5. The molecule has 0 saturated carbocycles. The average Bonchev–Trinajstić information content (AvgIpc) is 3.73. The van der Waals surface area contributed by atoms with E-state index in [2.05, 4.69) is 126 Å². The van der Waals surface area contributed by atoms with Crippen LogP contribution in [0.2, 0.25) is 0 Å². The molecule has 7 heteroatoms. The van der Waals surface area contributed by atoms with Gasteiger partial charge in [0.05, 0.1) is 17.3 Å². The summed E-state index contributed by atoms with van der Waals surface area (Å²) in [6, 6.07) is 52.8. The Morgan fingerprint density at radius 3 is 1.92 bits per heavy atom. The van der Waals surface area contributed by atoms with Crippen LogP contribution in [-0.4, -0.2) is 20.0 Å². The van der Waals surface area contributed by atoms with Crippen LogP contribution in [0.15, 0.2) is 146 Å². The van der Waals surface area contributed by atoms with E-state index in [1.807, 2.05) is 77.7 Å². The first-order valence-electron chi connectivity index (χ1n) is 19.9. The molecule has 294 valence electrons. The Kier molecular flexibility index (Phi) is 11.0. The van der Waals surface area contributed by atoms with E-state index in [-0.39, 0.29) is 21.1 Å². The molecule has 0 atom stereocenters. The van der Waals surface area contributed by atoms with Crippen molar-refractivity contribution in [2.24, 2.45) is 0 Å². The maximum atomic E-state index is 6.84. The van der Waals surface area contributed by atoms with Gasteiger partial charge in [-0.3, -0.25) is 4.98 Å². The largest absolute Gasteiger partial charge is 2.00 e. The molecule has 0 saturated heterocycles. The van der Waals surface area contributed by atoms with E-state index in [9.17, 15) is 0 Å². The first kappa shape index (κ1) is 39.7. The van der Waals surface area contributed by atoms with Gasteiger partial charge in [-0.05, 0) is 83.5 Å². The number of aromatic nitrogens is 4. The standard InChI is InChI=1S/C52H44N4O2.Pt/c1-33(2)42-20-15-21-43(34(3)4)51(42)46-32-56(55-54-46)39-28-37(50-35(5)16-13-17-36(50)6)29-41(31-39)57-40-19-14-18-38(30-40)52(49-26-11-12-27-53-49)44-22-7-9-24-47(44)58-48-25-10-8-23-45(48)52;/h7-29,32-34H,1-6H3;/q-2;+2. The van der Waals surface area contributed by atoms with E-state index in [1.54, 1.807) is 0 Å². The zero-order chi connectivity index (χ0) is 40.0. The van der Waals surface area contributed by atoms with Gasteiger partial charge in [-0.2, -0.15) is 12.1 Å². The topological polar surface area (TPSA) is 62.1 Å². The minimum atomic E-state index is -0.834. The normalized spacial score (nSPS) is 12.7.